The zero-order chi connectivity index (χ0) is 12.7. The predicted molar refractivity (Wildman–Crippen MR) is 73.3 cm³/mol. The van der Waals surface area contributed by atoms with Crippen LogP contribution in [-0.2, 0) is 7.05 Å². The van der Waals surface area contributed by atoms with E-state index < -0.39 is 0 Å². The molecule has 0 spiro atoms. The third-order valence-corrected chi connectivity index (χ3v) is 3.32. The molecule has 5 heteroatoms. The Balaban J connectivity index is 2.31. The van der Waals surface area contributed by atoms with Crippen molar-refractivity contribution < 1.29 is 5.11 Å². The van der Waals surface area contributed by atoms with E-state index in [0.29, 0.717) is 11.4 Å². The topological polar surface area (TPSA) is 50.9 Å². The van der Waals surface area contributed by atoms with Crippen LogP contribution in [0.2, 0.25) is 0 Å². The van der Waals surface area contributed by atoms with Crippen molar-refractivity contribution in [3.8, 4) is 17.1 Å². The van der Waals surface area contributed by atoms with Crippen LogP contribution in [0, 0.1) is 0 Å². The van der Waals surface area contributed by atoms with Gasteiger partial charge in [0.1, 0.15) is 17.1 Å². The first-order valence-corrected chi connectivity index (χ1v) is 6.22. The van der Waals surface area contributed by atoms with E-state index >= 15 is 0 Å². The average molecular weight is 304 g/mol. The molecular weight excluding hydrogens is 294 g/mol. The molecule has 18 heavy (non-hydrogen) atoms. The number of rotatable bonds is 1. The maximum Gasteiger partial charge on any atom is 0.160 e. The maximum atomic E-state index is 9.94. The van der Waals surface area contributed by atoms with Crippen molar-refractivity contribution in [3.63, 3.8) is 0 Å². The van der Waals surface area contributed by atoms with Crippen molar-refractivity contribution in [3.05, 3.63) is 41.0 Å². The van der Waals surface area contributed by atoms with Gasteiger partial charge in [-0.05, 0) is 30.3 Å². The Morgan fingerprint density at radius 3 is 2.89 bits per heavy atom. The molecule has 0 aliphatic rings. The Labute approximate surface area is 112 Å². The number of aryl methyl sites for hydroxylation is 1. The molecule has 90 valence electrons. The lowest BCUT2D eigenvalue weighted by molar-refractivity contribution is 0.476. The molecule has 0 aliphatic heterocycles. The summed E-state index contributed by atoms with van der Waals surface area (Å²) >= 11 is 3.40. The summed E-state index contributed by atoms with van der Waals surface area (Å²) in [6.07, 6.45) is 1.73. The Morgan fingerprint density at radius 1 is 1.28 bits per heavy atom. The molecule has 0 fully saturated rings. The van der Waals surface area contributed by atoms with Gasteiger partial charge < -0.3 is 9.67 Å². The van der Waals surface area contributed by atoms with E-state index in [4.69, 9.17) is 0 Å². The monoisotopic (exact) mass is 303 g/mol. The lowest BCUT2D eigenvalue weighted by atomic mass is 10.2. The molecular formula is C13H10BrN3O. The molecule has 4 nitrogen and oxygen atoms in total. The van der Waals surface area contributed by atoms with Crippen molar-refractivity contribution in [2.75, 3.05) is 0 Å². The molecule has 0 bridgehead atoms. The summed E-state index contributed by atoms with van der Waals surface area (Å²) in [4.78, 5) is 8.79. The van der Waals surface area contributed by atoms with E-state index in [9.17, 15) is 5.11 Å². The maximum absolute atomic E-state index is 9.94. The minimum atomic E-state index is 0.205. The summed E-state index contributed by atoms with van der Waals surface area (Å²) in [5.74, 6) is 0.902. The lowest BCUT2D eigenvalue weighted by Crippen LogP contribution is -1.94. The van der Waals surface area contributed by atoms with Gasteiger partial charge in [0.2, 0.25) is 0 Å². The summed E-state index contributed by atoms with van der Waals surface area (Å²) in [6, 6.07) is 9.03. The molecule has 2 heterocycles. The van der Waals surface area contributed by atoms with Crippen molar-refractivity contribution in [2.45, 2.75) is 0 Å². The van der Waals surface area contributed by atoms with Crippen molar-refractivity contribution in [1.29, 1.82) is 0 Å². The largest absolute Gasteiger partial charge is 0.507 e. The third kappa shape index (κ3) is 1.67. The highest BCUT2D eigenvalue weighted by Gasteiger charge is 2.13. The smallest absolute Gasteiger partial charge is 0.160 e. The number of phenolic OH excluding ortho intramolecular Hbond substituents is 1. The van der Waals surface area contributed by atoms with Gasteiger partial charge >= 0.3 is 0 Å². The number of hydrogen-bond donors (Lipinski definition) is 1. The number of imidazole rings is 1. The van der Waals surface area contributed by atoms with Crippen molar-refractivity contribution in [2.24, 2.45) is 7.05 Å². The van der Waals surface area contributed by atoms with Crippen LogP contribution in [0.3, 0.4) is 0 Å². The molecule has 0 radical (unpaired) electrons. The van der Waals surface area contributed by atoms with Crippen molar-refractivity contribution >= 4 is 27.1 Å². The second-order valence-electron chi connectivity index (χ2n) is 4.00. The van der Waals surface area contributed by atoms with Gasteiger partial charge in [-0.15, -0.1) is 0 Å². The van der Waals surface area contributed by atoms with E-state index in [-0.39, 0.29) is 5.75 Å². The van der Waals surface area contributed by atoms with Crippen LogP contribution in [0.25, 0.3) is 22.6 Å². The van der Waals surface area contributed by atoms with E-state index in [1.54, 1.807) is 18.3 Å². The van der Waals surface area contributed by atoms with Gasteiger partial charge in [-0.2, -0.15) is 0 Å². The number of aromatic nitrogens is 3. The Kier molecular flexibility index (Phi) is 2.56. The summed E-state index contributed by atoms with van der Waals surface area (Å²) in [6.45, 7) is 0. The first-order valence-electron chi connectivity index (χ1n) is 5.43. The molecule has 1 aromatic carbocycles. The van der Waals surface area contributed by atoms with Crippen LogP contribution in [0.1, 0.15) is 0 Å². The quantitative estimate of drug-likeness (QED) is 0.751. The minimum absolute atomic E-state index is 0.205. The van der Waals surface area contributed by atoms with Crippen LogP contribution in [0.4, 0.5) is 0 Å². The number of halogens is 1. The van der Waals surface area contributed by atoms with Gasteiger partial charge in [-0.1, -0.05) is 15.9 Å². The molecule has 3 aromatic rings. The summed E-state index contributed by atoms with van der Waals surface area (Å²) in [5, 5.41) is 9.94. The average Bonchev–Trinajstić information content (AvgIpc) is 2.71. The second-order valence-corrected chi connectivity index (χ2v) is 4.92. The number of fused-ring (bicyclic) bond motifs is 1. The predicted octanol–water partition coefficient (Wildman–Crippen LogP) is 3.10. The van der Waals surface area contributed by atoms with Gasteiger partial charge in [0.15, 0.2) is 5.65 Å². The fraction of sp³-hybridized carbons (Fsp3) is 0.0769. The van der Waals surface area contributed by atoms with E-state index in [0.717, 1.165) is 15.6 Å². The zero-order valence-electron chi connectivity index (χ0n) is 9.63. The highest BCUT2D eigenvalue weighted by atomic mass is 79.9. The van der Waals surface area contributed by atoms with Crippen LogP contribution in [-0.4, -0.2) is 19.6 Å². The SMILES string of the molecule is Cn1c(-c2cc(Br)ccc2O)nc2cccnc21. The van der Waals surface area contributed by atoms with E-state index in [1.807, 2.05) is 29.8 Å². The molecule has 2 aromatic heterocycles. The highest BCUT2D eigenvalue weighted by molar-refractivity contribution is 9.10. The fourth-order valence-corrected chi connectivity index (χ4v) is 2.31. The Hall–Kier alpha value is -1.88. The molecule has 3 rings (SSSR count). The highest BCUT2D eigenvalue weighted by Crippen LogP contribution is 2.32. The van der Waals surface area contributed by atoms with Gasteiger partial charge in [0.05, 0.1) is 5.56 Å². The Bertz CT molecular complexity index is 736. The van der Waals surface area contributed by atoms with Gasteiger partial charge in [0, 0.05) is 17.7 Å². The molecule has 0 saturated heterocycles. The Morgan fingerprint density at radius 2 is 2.11 bits per heavy atom. The van der Waals surface area contributed by atoms with Crippen LogP contribution in [0.5, 0.6) is 5.75 Å². The summed E-state index contributed by atoms with van der Waals surface area (Å²) in [7, 11) is 1.89. The van der Waals surface area contributed by atoms with Gasteiger partial charge in [-0.25, -0.2) is 9.97 Å². The molecule has 0 amide bonds. The lowest BCUT2D eigenvalue weighted by Gasteiger charge is -2.05. The van der Waals surface area contributed by atoms with Crippen LogP contribution < -0.4 is 0 Å². The molecule has 0 saturated carbocycles. The number of hydrogen-bond acceptors (Lipinski definition) is 3. The molecule has 0 aliphatic carbocycles. The first kappa shape index (κ1) is 11.2. The normalized spacial score (nSPS) is 11.0. The number of nitrogens with zero attached hydrogens (tertiary/aromatic N) is 3. The zero-order valence-corrected chi connectivity index (χ0v) is 11.2. The number of benzene rings is 1. The van der Waals surface area contributed by atoms with Gasteiger partial charge in [-0.3, -0.25) is 0 Å². The number of phenols is 1. The summed E-state index contributed by atoms with van der Waals surface area (Å²) < 4.78 is 2.77. The standard InChI is InChI=1S/C13H10BrN3O/c1-17-12(9-7-8(14)4-5-11(9)18)16-10-3-2-6-15-13(10)17/h2-7,18H,1H3. The number of aromatic hydroxyl groups is 1. The van der Waals surface area contributed by atoms with Crippen LogP contribution in [0.15, 0.2) is 41.0 Å². The second kappa shape index (κ2) is 4.10. The minimum Gasteiger partial charge on any atom is -0.507 e. The fourth-order valence-electron chi connectivity index (χ4n) is 1.95. The molecule has 0 atom stereocenters. The third-order valence-electron chi connectivity index (χ3n) is 2.83. The first-order chi connectivity index (χ1) is 8.66. The van der Waals surface area contributed by atoms with E-state index in [2.05, 4.69) is 25.9 Å². The van der Waals surface area contributed by atoms with Gasteiger partial charge in [0.25, 0.3) is 0 Å². The summed E-state index contributed by atoms with van der Waals surface area (Å²) in [5.41, 5.74) is 2.30. The van der Waals surface area contributed by atoms with Crippen molar-refractivity contribution in [1.82, 2.24) is 14.5 Å². The van der Waals surface area contributed by atoms with E-state index in [1.165, 1.54) is 0 Å². The number of pyridine rings is 1. The molecule has 0 unspecified atom stereocenters. The molecule has 1 N–H and O–H groups in total. The van der Waals surface area contributed by atoms with Crippen LogP contribution >= 0.6 is 15.9 Å².